The normalized spacial score (nSPS) is 12.6. The van der Waals surface area contributed by atoms with E-state index >= 15 is 0 Å². The fourth-order valence-corrected chi connectivity index (χ4v) is 2.35. The van der Waals surface area contributed by atoms with Gasteiger partial charge < -0.3 is 0 Å². The summed E-state index contributed by atoms with van der Waals surface area (Å²) in [6.45, 7) is 10.8. The molecule has 0 amide bonds. The molecule has 0 aromatic heterocycles. The Balaban J connectivity index is 3.16. The fourth-order valence-electron chi connectivity index (χ4n) is 2.35. The Morgan fingerprint density at radius 2 is 1.41 bits per heavy atom. The van der Waals surface area contributed by atoms with Crippen molar-refractivity contribution in [1.82, 2.24) is 0 Å². The Bertz CT molecular complexity index is 169. The van der Waals surface area contributed by atoms with Crippen LogP contribution in [0.3, 0.4) is 0 Å². The lowest BCUT2D eigenvalue weighted by atomic mass is 9.96. The van der Waals surface area contributed by atoms with Crippen molar-refractivity contribution in [3.63, 3.8) is 0 Å². The van der Waals surface area contributed by atoms with Gasteiger partial charge in [0.1, 0.15) is 0 Å². The van der Waals surface area contributed by atoms with Gasteiger partial charge in [-0.15, -0.1) is 6.58 Å². The molecule has 0 N–H and O–H groups in total. The maximum Gasteiger partial charge on any atom is -0.0326 e. The molecule has 0 aromatic carbocycles. The lowest BCUT2D eigenvalue weighted by Gasteiger charge is -2.10. The number of unbranched alkanes of at least 4 members (excludes halogenated alkanes) is 6. The molecule has 0 aliphatic heterocycles. The van der Waals surface area contributed by atoms with Crippen molar-refractivity contribution in [3.8, 4) is 0 Å². The molecule has 0 saturated heterocycles. The van der Waals surface area contributed by atoms with Crippen LogP contribution in [0.4, 0.5) is 0 Å². The molecule has 0 fully saturated rings. The summed E-state index contributed by atoms with van der Waals surface area (Å²) in [5, 5.41) is 0. The average Bonchev–Trinajstić information content (AvgIpc) is 2.27. The molecule has 0 spiro atoms. The number of hydrogen-bond acceptors (Lipinski definition) is 0. The van der Waals surface area contributed by atoms with Crippen molar-refractivity contribution in [2.45, 2.75) is 91.4 Å². The Labute approximate surface area is 110 Å². The van der Waals surface area contributed by atoms with E-state index in [1.807, 2.05) is 0 Å². The third-order valence-electron chi connectivity index (χ3n) is 3.60. The Morgan fingerprint density at radius 3 is 2.00 bits per heavy atom. The quantitative estimate of drug-likeness (QED) is 0.268. The first-order valence-corrected chi connectivity index (χ1v) is 7.81. The molecule has 0 heterocycles. The molecule has 0 rings (SSSR count). The van der Waals surface area contributed by atoms with Crippen molar-refractivity contribution in [3.05, 3.63) is 12.2 Å². The maximum absolute atomic E-state index is 3.96. The summed E-state index contributed by atoms with van der Waals surface area (Å²) in [5.41, 5.74) is 1.34. The predicted molar refractivity (Wildman–Crippen MR) is 80.4 cm³/mol. The first-order valence-electron chi connectivity index (χ1n) is 7.81. The highest BCUT2D eigenvalue weighted by atomic mass is 14.1. The van der Waals surface area contributed by atoms with Crippen LogP contribution in [0.1, 0.15) is 91.4 Å². The average molecular weight is 238 g/mol. The highest BCUT2D eigenvalue weighted by Gasteiger charge is 2.01. The molecule has 1 atom stereocenters. The molecule has 0 heteroatoms. The minimum atomic E-state index is 0.921. The van der Waals surface area contributed by atoms with Crippen LogP contribution in [-0.2, 0) is 0 Å². The van der Waals surface area contributed by atoms with E-state index in [2.05, 4.69) is 27.4 Å². The summed E-state index contributed by atoms with van der Waals surface area (Å²) in [5.74, 6) is 0.921. The van der Waals surface area contributed by atoms with E-state index in [9.17, 15) is 0 Å². The van der Waals surface area contributed by atoms with E-state index in [0.29, 0.717) is 0 Å². The molecule has 17 heavy (non-hydrogen) atoms. The standard InChI is InChI=1S/C17H34/c1-5-6-7-8-9-10-11-14-17(4)15-12-13-16(2)3/h17H,2,5-15H2,1,3-4H3/t17-/m0/s1. The first kappa shape index (κ1) is 16.7. The van der Waals surface area contributed by atoms with Crippen molar-refractivity contribution < 1.29 is 0 Å². The zero-order valence-electron chi connectivity index (χ0n) is 12.6. The topological polar surface area (TPSA) is 0 Å². The van der Waals surface area contributed by atoms with E-state index in [4.69, 9.17) is 0 Å². The summed E-state index contributed by atoms with van der Waals surface area (Å²) >= 11 is 0. The summed E-state index contributed by atoms with van der Waals surface area (Å²) in [4.78, 5) is 0. The van der Waals surface area contributed by atoms with Crippen molar-refractivity contribution in [1.29, 1.82) is 0 Å². The Morgan fingerprint density at radius 1 is 0.882 bits per heavy atom. The molecule has 0 saturated carbocycles. The van der Waals surface area contributed by atoms with Gasteiger partial charge >= 0.3 is 0 Å². The van der Waals surface area contributed by atoms with Gasteiger partial charge in [0.05, 0.1) is 0 Å². The van der Waals surface area contributed by atoms with Crippen LogP contribution in [-0.4, -0.2) is 0 Å². The van der Waals surface area contributed by atoms with Gasteiger partial charge in [0.2, 0.25) is 0 Å². The number of hydrogen-bond donors (Lipinski definition) is 0. The molecule has 0 bridgehead atoms. The maximum atomic E-state index is 3.96. The third-order valence-corrected chi connectivity index (χ3v) is 3.60. The molecule has 0 unspecified atom stereocenters. The van der Waals surface area contributed by atoms with Crippen LogP contribution in [0.2, 0.25) is 0 Å². The van der Waals surface area contributed by atoms with Crippen molar-refractivity contribution in [2.75, 3.05) is 0 Å². The van der Waals surface area contributed by atoms with E-state index < -0.39 is 0 Å². The fraction of sp³-hybridized carbons (Fsp3) is 0.882. The van der Waals surface area contributed by atoms with Gasteiger partial charge in [-0.2, -0.15) is 0 Å². The third kappa shape index (κ3) is 13.7. The van der Waals surface area contributed by atoms with Gasteiger partial charge in [0.15, 0.2) is 0 Å². The lowest BCUT2D eigenvalue weighted by molar-refractivity contribution is 0.443. The second-order valence-electron chi connectivity index (χ2n) is 5.86. The van der Waals surface area contributed by atoms with E-state index in [1.165, 1.54) is 76.2 Å². The number of rotatable bonds is 12. The van der Waals surface area contributed by atoms with E-state index in [1.54, 1.807) is 0 Å². The zero-order valence-corrected chi connectivity index (χ0v) is 12.6. The summed E-state index contributed by atoms with van der Waals surface area (Å²) in [6, 6.07) is 0. The molecule has 0 aliphatic carbocycles. The summed E-state index contributed by atoms with van der Waals surface area (Å²) in [6.07, 6.45) is 15.4. The van der Waals surface area contributed by atoms with Crippen LogP contribution in [0, 0.1) is 5.92 Å². The summed E-state index contributed by atoms with van der Waals surface area (Å²) in [7, 11) is 0. The smallest absolute Gasteiger partial charge is 0.0326 e. The molecular formula is C17H34. The monoisotopic (exact) mass is 238 g/mol. The lowest BCUT2D eigenvalue weighted by Crippen LogP contribution is -1.95. The molecular weight excluding hydrogens is 204 g/mol. The van der Waals surface area contributed by atoms with Gasteiger partial charge in [-0.3, -0.25) is 0 Å². The van der Waals surface area contributed by atoms with Crippen LogP contribution in [0.5, 0.6) is 0 Å². The highest BCUT2D eigenvalue weighted by Crippen LogP contribution is 2.18. The van der Waals surface area contributed by atoms with Crippen LogP contribution in [0.15, 0.2) is 12.2 Å². The van der Waals surface area contributed by atoms with Gasteiger partial charge in [-0.25, -0.2) is 0 Å². The molecule has 0 nitrogen and oxygen atoms in total. The SMILES string of the molecule is C=C(C)CCC[C@@H](C)CCCCCCCCC. The van der Waals surface area contributed by atoms with E-state index in [-0.39, 0.29) is 0 Å². The highest BCUT2D eigenvalue weighted by molar-refractivity contribution is 4.87. The first-order chi connectivity index (χ1) is 8.16. The van der Waals surface area contributed by atoms with Crippen molar-refractivity contribution in [2.24, 2.45) is 5.92 Å². The second-order valence-corrected chi connectivity index (χ2v) is 5.86. The Kier molecular flexibility index (Phi) is 12.0. The molecule has 0 radical (unpaired) electrons. The second kappa shape index (κ2) is 12.2. The predicted octanol–water partition coefficient (Wildman–Crippen LogP) is 6.51. The largest absolute Gasteiger partial charge is 0.100 e. The number of allylic oxidation sites excluding steroid dienone is 1. The van der Waals surface area contributed by atoms with Crippen molar-refractivity contribution >= 4 is 0 Å². The molecule has 102 valence electrons. The molecule has 0 aliphatic rings. The minimum Gasteiger partial charge on any atom is -0.100 e. The van der Waals surface area contributed by atoms with Gasteiger partial charge in [-0.05, 0) is 25.7 Å². The van der Waals surface area contributed by atoms with Crippen LogP contribution >= 0.6 is 0 Å². The van der Waals surface area contributed by atoms with Gasteiger partial charge in [0, 0.05) is 0 Å². The Hall–Kier alpha value is -0.260. The van der Waals surface area contributed by atoms with Crippen LogP contribution in [0.25, 0.3) is 0 Å². The van der Waals surface area contributed by atoms with Crippen LogP contribution < -0.4 is 0 Å². The van der Waals surface area contributed by atoms with Gasteiger partial charge in [0.25, 0.3) is 0 Å². The van der Waals surface area contributed by atoms with E-state index in [0.717, 1.165) is 5.92 Å². The summed E-state index contributed by atoms with van der Waals surface area (Å²) < 4.78 is 0. The minimum absolute atomic E-state index is 0.921. The molecule has 0 aromatic rings. The van der Waals surface area contributed by atoms with Gasteiger partial charge in [-0.1, -0.05) is 77.2 Å². The zero-order chi connectivity index (χ0) is 12.9.